The molecule has 0 aromatic carbocycles. The number of rotatable bonds is 0. The van der Waals surface area contributed by atoms with Crippen molar-refractivity contribution >= 4 is 24.0 Å². The van der Waals surface area contributed by atoms with Gasteiger partial charge in [-0.05, 0) is 0 Å². The van der Waals surface area contributed by atoms with Crippen LogP contribution in [0.2, 0.25) is 0 Å². The summed E-state index contributed by atoms with van der Waals surface area (Å²) in [5, 5.41) is 28.6. The Bertz CT molecular complexity index is 391. The lowest BCUT2D eigenvalue weighted by Gasteiger charge is -1.93. The number of alkyl halides is 9. The van der Waals surface area contributed by atoms with E-state index in [0.29, 0.717) is 0 Å². The van der Waals surface area contributed by atoms with E-state index in [0.717, 1.165) is 0 Å². The van der Waals surface area contributed by atoms with Crippen LogP contribution in [0, 0.1) is 0 Å². The molecule has 0 rings (SSSR count). The topological polar surface area (TPSA) is 175 Å². The standard InChI is InChI=1S/3C2HF3O2.CH3NO2/c3*3-2(4,5)1(6)7;2-1(3)4/h3*(H,6,7);2H2,(H,3,4). The van der Waals surface area contributed by atoms with Gasteiger partial charge in [-0.3, -0.25) is 0 Å². The minimum atomic E-state index is -5.08. The van der Waals surface area contributed by atoms with E-state index in [2.05, 4.69) is 5.73 Å². The highest BCUT2D eigenvalue weighted by Gasteiger charge is 2.39. The van der Waals surface area contributed by atoms with Crippen molar-refractivity contribution in [3.8, 4) is 0 Å². The first-order valence-corrected chi connectivity index (χ1v) is 4.45. The molecule has 0 aliphatic rings. The van der Waals surface area contributed by atoms with Crippen LogP contribution in [-0.4, -0.2) is 63.0 Å². The lowest BCUT2D eigenvalue weighted by Crippen LogP contribution is -2.21. The maximum atomic E-state index is 10.6. The quantitative estimate of drug-likeness (QED) is 0.378. The third kappa shape index (κ3) is 33.7. The minimum Gasteiger partial charge on any atom is -0.475 e. The number of carboxylic acid groups (broad SMARTS) is 4. The van der Waals surface area contributed by atoms with Gasteiger partial charge in [0.2, 0.25) is 0 Å². The summed E-state index contributed by atoms with van der Waals surface area (Å²) in [5.41, 5.74) is 4.03. The van der Waals surface area contributed by atoms with Crippen LogP contribution < -0.4 is 5.73 Å². The maximum Gasteiger partial charge on any atom is 0.490 e. The zero-order chi connectivity index (χ0) is 21.8. The third-order valence-electron chi connectivity index (χ3n) is 0.728. The fourth-order valence-electron chi connectivity index (χ4n) is 0. The smallest absolute Gasteiger partial charge is 0.475 e. The number of carbonyl (C=O) groups is 4. The van der Waals surface area contributed by atoms with Crippen LogP contribution in [0.3, 0.4) is 0 Å². The molecule has 0 aliphatic carbocycles. The Hall–Kier alpha value is -2.95. The molecule has 25 heavy (non-hydrogen) atoms. The van der Waals surface area contributed by atoms with E-state index in [1.54, 1.807) is 0 Å². The van der Waals surface area contributed by atoms with Gasteiger partial charge in [-0.25, -0.2) is 19.2 Å². The maximum absolute atomic E-state index is 10.6. The van der Waals surface area contributed by atoms with E-state index in [9.17, 15) is 39.5 Å². The Labute approximate surface area is 129 Å². The van der Waals surface area contributed by atoms with E-state index >= 15 is 0 Å². The van der Waals surface area contributed by atoms with Crippen LogP contribution >= 0.6 is 0 Å². The average molecular weight is 403 g/mol. The highest BCUT2D eigenvalue weighted by Crippen LogP contribution is 2.14. The number of hydrogen-bond donors (Lipinski definition) is 5. The number of hydrogen-bond acceptors (Lipinski definition) is 4. The van der Waals surface area contributed by atoms with Crippen LogP contribution in [-0.2, 0) is 14.4 Å². The summed E-state index contributed by atoms with van der Waals surface area (Å²) in [4.78, 5) is 35.5. The Morgan fingerprint density at radius 2 is 0.560 bits per heavy atom. The van der Waals surface area contributed by atoms with Crippen LogP contribution in [0.25, 0.3) is 0 Å². The molecule has 0 unspecified atom stereocenters. The molecule has 0 bridgehead atoms. The lowest BCUT2D eigenvalue weighted by molar-refractivity contribution is -0.193. The first-order chi connectivity index (χ1) is 10.6. The molecule has 9 nitrogen and oxygen atoms in total. The van der Waals surface area contributed by atoms with Gasteiger partial charge in [-0.2, -0.15) is 39.5 Å². The molecule has 6 N–H and O–H groups in total. The van der Waals surface area contributed by atoms with Gasteiger partial charge in [0.1, 0.15) is 0 Å². The van der Waals surface area contributed by atoms with Crippen LogP contribution in [0.5, 0.6) is 0 Å². The third-order valence-corrected chi connectivity index (χ3v) is 0.728. The summed E-state index contributed by atoms with van der Waals surface area (Å²) in [7, 11) is 0. The van der Waals surface area contributed by atoms with Crippen molar-refractivity contribution < 1.29 is 79.1 Å². The second-order valence-electron chi connectivity index (χ2n) is 2.75. The second kappa shape index (κ2) is 11.6. The summed E-state index contributed by atoms with van der Waals surface area (Å²) in [6.07, 6.45) is -16.6. The summed E-state index contributed by atoms with van der Waals surface area (Å²) in [5.74, 6) is -8.27. The molecule has 0 atom stereocenters. The van der Waals surface area contributed by atoms with Crippen LogP contribution in [0.15, 0.2) is 0 Å². The largest absolute Gasteiger partial charge is 0.490 e. The number of halogens is 9. The Morgan fingerprint density at radius 3 is 0.560 bits per heavy atom. The molecule has 0 spiro atoms. The first kappa shape index (κ1) is 30.0. The molecule has 0 saturated carbocycles. The molecule has 1 amide bonds. The Balaban J connectivity index is -0.000000120. The van der Waals surface area contributed by atoms with Gasteiger partial charge < -0.3 is 26.2 Å². The summed E-state index contributed by atoms with van der Waals surface area (Å²) in [6.45, 7) is 0. The van der Waals surface area contributed by atoms with Crippen molar-refractivity contribution in [3.63, 3.8) is 0 Å². The summed E-state index contributed by atoms with van der Waals surface area (Å²) in [6, 6.07) is 0. The zero-order valence-electron chi connectivity index (χ0n) is 10.9. The van der Waals surface area contributed by atoms with Crippen molar-refractivity contribution in [1.29, 1.82) is 0 Å². The fourth-order valence-corrected chi connectivity index (χ4v) is 0. The van der Waals surface area contributed by atoms with E-state index in [1.807, 2.05) is 0 Å². The fraction of sp³-hybridized carbons (Fsp3) is 0.429. The van der Waals surface area contributed by atoms with Gasteiger partial charge in [0.05, 0.1) is 0 Å². The molecule has 0 heterocycles. The van der Waals surface area contributed by atoms with Crippen molar-refractivity contribution in [2.45, 2.75) is 18.5 Å². The molecule has 0 aromatic heterocycles. The van der Waals surface area contributed by atoms with Gasteiger partial charge in [-0.15, -0.1) is 0 Å². The molecule has 18 heteroatoms. The molecule has 0 aliphatic heterocycles. The molecule has 0 radical (unpaired) electrons. The van der Waals surface area contributed by atoms with Crippen molar-refractivity contribution in [1.82, 2.24) is 0 Å². The minimum absolute atomic E-state index is 1.33. The number of amides is 1. The molecule has 0 saturated heterocycles. The van der Waals surface area contributed by atoms with Gasteiger partial charge in [0.15, 0.2) is 0 Å². The predicted molar refractivity (Wildman–Crippen MR) is 53.3 cm³/mol. The molecule has 0 aromatic rings. The SMILES string of the molecule is NC(=O)O.O=C(O)C(F)(F)F.O=C(O)C(F)(F)F.O=C(O)C(F)(F)F. The van der Waals surface area contributed by atoms with Crippen molar-refractivity contribution in [2.75, 3.05) is 0 Å². The molecular weight excluding hydrogens is 397 g/mol. The normalized spacial score (nSPS) is 10.4. The van der Waals surface area contributed by atoms with Crippen molar-refractivity contribution in [2.24, 2.45) is 5.73 Å². The molecule has 0 fully saturated rings. The van der Waals surface area contributed by atoms with Crippen LogP contribution in [0.4, 0.5) is 44.3 Å². The van der Waals surface area contributed by atoms with Gasteiger partial charge in [-0.1, -0.05) is 0 Å². The van der Waals surface area contributed by atoms with Crippen molar-refractivity contribution in [3.05, 3.63) is 0 Å². The number of primary amides is 1. The van der Waals surface area contributed by atoms with E-state index < -0.39 is 42.5 Å². The van der Waals surface area contributed by atoms with E-state index in [1.165, 1.54) is 0 Å². The molecule has 150 valence electrons. The average Bonchev–Trinajstić information content (AvgIpc) is 2.25. The molecular formula is C7H6F9NO8. The Kier molecular flexibility index (Phi) is 13.9. The van der Waals surface area contributed by atoms with Crippen LogP contribution in [0.1, 0.15) is 0 Å². The summed E-state index contributed by atoms with van der Waals surface area (Å²) >= 11 is 0. The predicted octanol–water partition coefficient (Wildman–Crippen LogP) is 1.52. The summed E-state index contributed by atoms with van der Waals surface area (Å²) < 4.78 is 95.2. The first-order valence-electron chi connectivity index (χ1n) is 4.45. The highest BCUT2D eigenvalue weighted by molar-refractivity contribution is 5.73. The van der Waals surface area contributed by atoms with Gasteiger partial charge in [0.25, 0.3) is 0 Å². The highest BCUT2D eigenvalue weighted by atomic mass is 19.4. The van der Waals surface area contributed by atoms with E-state index in [-0.39, 0.29) is 0 Å². The Morgan fingerprint density at radius 1 is 0.520 bits per heavy atom. The number of aliphatic carboxylic acids is 3. The number of carboxylic acids is 3. The second-order valence-corrected chi connectivity index (χ2v) is 2.75. The van der Waals surface area contributed by atoms with Gasteiger partial charge in [0, 0.05) is 0 Å². The monoisotopic (exact) mass is 403 g/mol. The zero-order valence-corrected chi connectivity index (χ0v) is 10.9. The lowest BCUT2D eigenvalue weighted by atomic mass is 10.7. The van der Waals surface area contributed by atoms with E-state index in [4.69, 9.17) is 39.6 Å². The number of nitrogens with two attached hydrogens (primary N) is 1. The van der Waals surface area contributed by atoms with Gasteiger partial charge >= 0.3 is 42.5 Å².